The lowest BCUT2D eigenvalue weighted by molar-refractivity contribution is -0.140. The van der Waals surface area contributed by atoms with Gasteiger partial charge >= 0.3 is 0 Å². The van der Waals surface area contributed by atoms with Crippen molar-refractivity contribution in [3.8, 4) is 11.8 Å². The molecule has 0 aromatic rings. The van der Waals surface area contributed by atoms with E-state index in [0.29, 0.717) is 19.3 Å². The van der Waals surface area contributed by atoms with Gasteiger partial charge in [0.05, 0.1) is 6.42 Å². The van der Waals surface area contributed by atoms with Crippen LogP contribution >= 0.6 is 0 Å². The highest BCUT2D eigenvalue weighted by Gasteiger charge is 2.40. The highest BCUT2D eigenvalue weighted by Crippen LogP contribution is 2.28. The number of rotatable bonds is 1. The Balaban J connectivity index is 2.69. The van der Waals surface area contributed by atoms with E-state index in [1.165, 1.54) is 4.90 Å². The van der Waals surface area contributed by atoms with Crippen LogP contribution in [0.1, 0.15) is 26.2 Å². The summed E-state index contributed by atoms with van der Waals surface area (Å²) in [6.07, 6.45) is 1.28. The first-order valence-corrected chi connectivity index (χ1v) is 3.99. The van der Waals surface area contributed by atoms with E-state index in [9.17, 15) is 9.90 Å². The van der Waals surface area contributed by atoms with Crippen molar-refractivity contribution in [1.29, 1.82) is 0 Å². The van der Waals surface area contributed by atoms with Crippen LogP contribution in [0.5, 0.6) is 0 Å². The lowest BCUT2D eigenvalue weighted by Crippen LogP contribution is -2.42. The molecule has 0 bridgehead atoms. The molecule has 66 valence electrons. The molecule has 1 heterocycles. The van der Waals surface area contributed by atoms with Crippen LogP contribution in [0.15, 0.2) is 0 Å². The first-order valence-electron chi connectivity index (χ1n) is 3.99. The van der Waals surface area contributed by atoms with E-state index in [1.807, 2.05) is 0 Å². The fraction of sp³-hybridized carbons (Fsp3) is 0.667. The summed E-state index contributed by atoms with van der Waals surface area (Å²) in [6.45, 7) is 1.72. The van der Waals surface area contributed by atoms with Gasteiger partial charge in [-0.2, -0.15) is 0 Å². The fourth-order valence-electron chi connectivity index (χ4n) is 1.31. The van der Waals surface area contributed by atoms with E-state index < -0.39 is 5.72 Å². The predicted molar refractivity (Wildman–Crippen MR) is 45.0 cm³/mol. The minimum absolute atomic E-state index is 0.00426. The number of aliphatic hydroxyl groups is 1. The molecule has 1 amide bonds. The largest absolute Gasteiger partial charge is 0.370 e. The summed E-state index contributed by atoms with van der Waals surface area (Å²) in [6, 6.07) is 0. The molecule has 0 aromatic heterocycles. The van der Waals surface area contributed by atoms with Gasteiger partial charge in [-0.25, -0.2) is 0 Å². The second-order valence-corrected chi connectivity index (χ2v) is 3.04. The first-order chi connectivity index (χ1) is 5.60. The van der Waals surface area contributed by atoms with E-state index in [2.05, 4.69) is 11.8 Å². The van der Waals surface area contributed by atoms with Crippen molar-refractivity contribution in [1.82, 2.24) is 4.90 Å². The monoisotopic (exact) mass is 167 g/mol. The van der Waals surface area contributed by atoms with Crippen LogP contribution < -0.4 is 0 Å². The maximum atomic E-state index is 11.1. The normalized spacial score (nSPS) is 28.6. The lowest BCUT2D eigenvalue weighted by atomic mass is 10.1. The summed E-state index contributed by atoms with van der Waals surface area (Å²) in [4.78, 5) is 12.5. The molecule has 1 N–H and O–H groups in total. The summed E-state index contributed by atoms with van der Waals surface area (Å²) >= 11 is 0. The van der Waals surface area contributed by atoms with Gasteiger partial charge in [0.2, 0.25) is 5.91 Å². The van der Waals surface area contributed by atoms with E-state index in [1.54, 1.807) is 14.0 Å². The summed E-state index contributed by atoms with van der Waals surface area (Å²) in [5.41, 5.74) is -1.01. The molecule has 3 heteroatoms. The summed E-state index contributed by atoms with van der Waals surface area (Å²) in [5, 5.41) is 9.86. The Hall–Kier alpha value is -1.01. The van der Waals surface area contributed by atoms with Crippen LogP contribution in [0.4, 0.5) is 0 Å². The summed E-state index contributed by atoms with van der Waals surface area (Å²) in [7, 11) is 1.62. The van der Waals surface area contributed by atoms with Crippen molar-refractivity contribution in [2.45, 2.75) is 31.9 Å². The molecule has 0 spiro atoms. The van der Waals surface area contributed by atoms with Gasteiger partial charge in [0.25, 0.3) is 0 Å². The van der Waals surface area contributed by atoms with Crippen LogP contribution in [-0.4, -0.2) is 28.7 Å². The minimum Gasteiger partial charge on any atom is -0.370 e. The molecule has 0 aliphatic carbocycles. The Morgan fingerprint density at radius 2 is 2.42 bits per heavy atom. The molecule has 1 unspecified atom stereocenters. The third-order valence-corrected chi connectivity index (χ3v) is 2.29. The van der Waals surface area contributed by atoms with Gasteiger partial charge in [-0.1, -0.05) is 5.92 Å². The van der Waals surface area contributed by atoms with Gasteiger partial charge in [-0.3, -0.25) is 4.79 Å². The molecule has 3 nitrogen and oxygen atoms in total. The molecule has 1 atom stereocenters. The Kier molecular flexibility index (Phi) is 2.39. The van der Waals surface area contributed by atoms with E-state index in [0.717, 1.165) is 0 Å². The van der Waals surface area contributed by atoms with E-state index >= 15 is 0 Å². The third kappa shape index (κ3) is 1.44. The molecule has 0 aromatic carbocycles. The standard InChI is InChI=1S/C9H13NO2/c1-3-4-6-9(12)7-5-8(11)10(9)2/h12H,5-7H2,1-2H3. The van der Waals surface area contributed by atoms with Gasteiger partial charge in [-0.05, 0) is 6.92 Å². The molecule has 1 aliphatic heterocycles. The van der Waals surface area contributed by atoms with Crippen LogP contribution in [0.2, 0.25) is 0 Å². The summed E-state index contributed by atoms with van der Waals surface area (Å²) in [5.74, 6) is 5.49. The van der Waals surface area contributed by atoms with Crippen molar-refractivity contribution in [2.75, 3.05) is 7.05 Å². The molecule has 1 aliphatic rings. The molecular formula is C9H13NO2. The number of carbonyl (C=O) groups is 1. The maximum Gasteiger partial charge on any atom is 0.224 e. The van der Waals surface area contributed by atoms with Crippen LogP contribution in [0.25, 0.3) is 0 Å². The van der Waals surface area contributed by atoms with Crippen LogP contribution in [0.3, 0.4) is 0 Å². The lowest BCUT2D eigenvalue weighted by Gasteiger charge is -2.28. The molecular weight excluding hydrogens is 154 g/mol. The van der Waals surface area contributed by atoms with E-state index in [4.69, 9.17) is 0 Å². The number of amides is 1. The third-order valence-electron chi connectivity index (χ3n) is 2.29. The quantitative estimate of drug-likeness (QED) is 0.572. The van der Waals surface area contributed by atoms with Crippen LogP contribution in [0, 0.1) is 11.8 Å². The molecule has 1 saturated heterocycles. The highest BCUT2D eigenvalue weighted by atomic mass is 16.3. The van der Waals surface area contributed by atoms with Crippen molar-refractivity contribution >= 4 is 5.91 Å². The molecule has 12 heavy (non-hydrogen) atoms. The van der Waals surface area contributed by atoms with Crippen molar-refractivity contribution in [3.05, 3.63) is 0 Å². The number of hydrogen-bond donors (Lipinski definition) is 1. The highest BCUT2D eigenvalue weighted by molar-refractivity contribution is 5.79. The average Bonchev–Trinajstić information content (AvgIpc) is 2.31. The number of likely N-dealkylation sites (tertiary alicyclic amines) is 1. The van der Waals surface area contributed by atoms with E-state index in [-0.39, 0.29) is 5.91 Å². The van der Waals surface area contributed by atoms with Crippen LogP contribution in [-0.2, 0) is 4.79 Å². The molecule has 1 rings (SSSR count). The zero-order valence-electron chi connectivity index (χ0n) is 7.42. The second kappa shape index (κ2) is 3.16. The maximum absolute atomic E-state index is 11.1. The topological polar surface area (TPSA) is 40.5 Å². The zero-order chi connectivity index (χ0) is 9.19. The SMILES string of the molecule is CC#CCC1(O)CCC(=O)N1C. The van der Waals surface area contributed by atoms with Gasteiger partial charge in [0, 0.05) is 19.9 Å². The summed E-state index contributed by atoms with van der Waals surface area (Å²) < 4.78 is 0. The van der Waals surface area contributed by atoms with Gasteiger partial charge in [-0.15, -0.1) is 5.92 Å². The van der Waals surface area contributed by atoms with Gasteiger partial charge < -0.3 is 10.0 Å². The van der Waals surface area contributed by atoms with Gasteiger partial charge in [0.15, 0.2) is 5.72 Å². The van der Waals surface area contributed by atoms with Crippen molar-refractivity contribution < 1.29 is 9.90 Å². The number of nitrogens with zero attached hydrogens (tertiary/aromatic N) is 1. The smallest absolute Gasteiger partial charge is 0.224 e. The van der Waals surface area contributed by atoms with Crippen molar-refractivity contribution in [2.24, 2.45) is 0 Å². The Morgan fingerprint density at radius 1 is 1.75 bits per heavy atom. The molecule has 0 saturated carbocycles. The second-order valence-electron chi connectivity index (χ2n) is 3.04. The fourth-order valence-corrected chi connectivity index (χ4v) is 1.31. The zero-order valence-corrected chi connectivity index (χ0v) is 7.42. The minimum atomic E-state index is -1.01. The van der Waals surface area contributed by atoms with Gasteiger partial charge in [0.1, 0.15) is 0 Å². The Labute approximate surface area is 72.4 Å². The van der Waals surface area contributed by atoms with Crippen molar-refractivity contribution in [3.63, 3.8) is 0 Å². The predicted octanol–water partition coefficient (Wildman–Crippen LogP) is 0.341. The molecule has 0 radical (unpaired) electrons. The Bertz CT molecular complexity index is 251. The number of hydrogen-bond acceptors (Lipinski definition) is 2. The average molecular weight is 167 g/mol. The first kappa shape index (κ1) is 9.08. The number of carbonyl (C=O) groups excluding carboxylic acids is 1. The Morgan fingerprint density at radius 3 is 2.83 bits per heavy atom. The molecule has 1 fully saturated rings.